The molecule has 1 fully saturated rings. The highest BCUT2D eigenvalue weighted by atomic mass is 16.5. The van der Waals surface area contributed by atoms with Gasteiger partial charge in [-0.25, -0.2) is 0 Å². The topological polar surface area (TPSA) is 29.5 Å². The van der Waals surface area contributed by atoms with Gasteiger partial charge in [-0.05, 0) is 86.0 Å². The lowest BCUT2D eigenvalue weighted by molar-refractivity contribution is -0.000940. The molecule has 0 bridgehead atoms. The molecule has 168 valence electrons. The molecule has 0 amide bonds. The lowest BCUT2D eigenvalue weighted by Crippen LogP contribution is -2.31. The van der Waals surface area contributed by atoms with Gasteiger partial charge in [0.1, 0.15) is 0 Å². The second-order valence-electron chi connectivity index (χ2n) is 10.1. The normalized spacial score (nSPS) is 36.5. The molecule has 2 aliphatic rings. The zero-order valence-corrected chi connectivity index (χ0v) is 19.5. The Balaban J connectivity index is 1.76. The van der Waals surface area contributed by atoms with E-state index in [0.717, 1.165) is 37.0 Å². The Morgan fingerprint density at radius 3 is 2.47 bits per heavy atom. The molecule has 1 aromatic carbocycles. The van der Waals surface area contributed by atoms with Gasteiger partial charge in [-0.15, -0.1) is 0 Å². The van der Waals surface area contributed by atoms with E-state index in [1.54, 1.807) is 0 Å². The van der Waals surface area contributed by atoms with E-state index in [-0.39, 0.29) is 6.10 Å². The van der Waals surface area contributed by atoms with Crippen LogP contribution in [0.1, 0.15) is 77.7 Å². The summed E-state index contributed by atoms with van der Waals surface area (Å²) in [6.07, 6.45) is 14.8. The van der Waals surface area contributed by atoms with Gasteiger partial charge in [0.05, 0.1) is 12.7 Å². The van der Waals surface area contributed by atoms with E-state index in [9.17, 15) is 5.11 Å². The molecule has 2 aliphatic carbocycles. The average molecular weight is 413 g/mol. The number of allylic oxidation sites excluding steroid dienone is 2. The molecule has 30 heavy (non-hydrogen) atoms. The molecule has 0 aliphatic heterocycles. The summed E-state index contributed by atoms with van der Waals surface area (Å²) in [6, 6.07) is 10.6. The van der Waals surface area contributed by atoms with E-state index >= 15 is 0 Å². The molecule has 0 saturated heterocycles. The highest BCUT2D eigenvalue weighted by Gasteiger charge is 2.39. The second-order valence-corrected chi connectivity index (χ2v) is 10.1. The molecule has 0 aromatic heterocycles. The van der Waals surface area contributed by atoms with Crippen LogP contribution in [-0.4, -0.2) is 17.8 Å². The molecule has 2 nitrogen and oxygen atoms in total. The fraction of sp³-hybridized carbons (Fsp3) is 0.714. The number of hydrogen-bond donors (Lipinski definition) is 1. The molecule has 2 heteroatoms. The van der Waals surface area contributed by atoms with Gasteiger partial charge in [-0.3, -0.25) is 0 Å². The maximum Gasteiger partial charge on any atom is 0.0720 e. The molecule has 0 radical (unpaired) electrons. The SMILES string of the molecule is CCC1CCC(C2C/C=C\C(C)CCC(OCc3ccccc3)CC2CCO)C1C. The molecular formula is C28H44O2. The molecule has 0 heterocycles. The van der Waals surface area contributed by atoms with Crippen molar-refractivity contribution in [1.82, 2.24) is 0 Å². The van der Waals surface area contributed by atoms with Gasteiger partial charge < -0.3 is 9.84 Å². The van der Waals surface area contributed by atoms with Crippen molar-refractivity contribution in [2.24, 2.45) is 35.5 Å². The Morgan fingerprint density at radius 2 is 1.77 bits per heavy atom. The molecule has 1 aromatic rings. The van der Waals surface area contributed by atoms with Crippen LogP contribution < -0.4 is 0 Å². The summed E-state index contributed by atoms with van der Waals surface area (Å²) in [6.45, 7) is 8.19. The Kier molecular flexibility index (Phi) is 9.46. The van der Waals surface area contributed by atoms with Crippen molar-refractivity contribution >= 4 is 0 Å². The Labute approximate surface area is 185 Å². The number of aliphatic hydroxyl groups is 1. The van der Waals surface area contributed by atoms with Gasteiger partial charge in [0.15, 0.2) is 0 Å². The van der Waals surface area contributed by atoms with Crippen LogP contribution in [0.3, 0.4) is 0 Å². The molecule has 3 rings (SSSR count). The smallest absolute Gasteiger partial charge is 0.0720 e. The summed E-state index contributed by atoms with van der Waals surface area (Å²) >= 11 is 0. The summed E-state index contributed by atoms with van der Waals surface area (Å²) in [5.41, 5.74) is 1.26. The summed E-state index contributed by atoms with van der Waals surface area (Å²) in [4.78, 5) is 0. The quantitative estimate of drug-likeness (QED) is 0.487. The van der Waals surface area contributed by atoms with Crippen molar-refractivity contribution in [1.29, 1.82) is 0 Å². The summed E-state index contributed by atoms with van der Waals surface area (Å²) in [7, 11) is 0. The predicted molar refractivity (Wildman–Crippen MR) is 126 cm³/mol. The fourth-order valence-corrected chi connectivity index (χ4v) is 6.26. The average Bonchev–Trinajstić information content (AvgIpc) is 3.13. The van der Waals surface area contributed by atoms with Crippen molar-refractivity contribution in [3.63, 3.8) is 0 Å². The predicted octanol–water partition coefficient (Wildman–Crippen LogP) is 7.03. The molecular weight excluding hydrogens is 368 g/mol. The van der Waals surface area contributed by atoms with Crippen LogP contribution in [0.25, 0.3) is 0 Å². The highest BCUT2D eigenvalue weighted by Crippen LogP contribution is 2.47. The molecule has 1 N–H and O–H groups in total. The number of aliphatic hydroxyl groups excluding tert-OH is 1. The van der Waals surface area contributed by atoms with Crippen LogP contribution in [-0.2, 0) is 11.3 Å². The van der Waals surface area contributed by atoms with E-state index in [1.807, 2.05) is 0 Å². The molecule has 1 saturated carbocycles. The van der Waals surface area contributed by atoms with E-state index in [2.05, 4.69) is 63.3 Å². The molecule has 7 unspecified atom stereocenters. The van der Waals surface area contributed by atoms with Crippen molar-refractivity contribution in [2.75, 3.05) is 6.61 Å². The van der Waals surface area contributed by atoms with E-state index in [4.69, 9.17) is 4.74 Å². The molecule has 7 atom stereocenters. The van der Waals surface area contributed by atoms with Crippen LogP contribution in [0.15, 0.2) is 42.5 Å². The number of benzene rings is 1. The van der Waals surface area contributed by atoms with Crippen LogP contribution in [0, 0.1) is 35.5 Å². The lowest BCUT2D eigenvalue weighted by Gasteiger charge is -2.37. The zero-order valence-electron chi connectivity index (χ0n) is 19.5. The second kappa shape index (κ2) is 12.1. The first-order chi connectivity index (χ1) is 14.6. The van der Waals surface area contributed by atoms with Crippen molar-refractivity contribution in [3.05, 3.63) is 48.0 Å². The first-order valence-corrected chi connectivity index (χ1v) is 12.5. The van der Waals surface area contributed by atoms with E-state index in [1.165, 1.54) is 37.7 Å². The first kappa shape index (κ1) is 23.5. The van der Waals surface area contributed by atoms with Crippen molar-refractivity contribution < 1.29 is 9.84 Å². The maximum absolute atomic E-state index is 9.91. The zero-order chi connectivity index (χ0) is 21.3. The van der Waals surface area contributed by atoms with Crippen LogP contribution in [0.5, 0.6) is 0 Å². The largest absolute Gasteiger partial charge is 0.396 e. The standard InChI is InChI=1S/C28H44O2/c1-4-24-14-16-27(22(24)3)28-12-8-9-21(2)13-15-26(19-25(28)17-18-29)30-20-23-10-6-5-7-11-23/h5-11,21-22,24-29H,4,12-20H2,1-3H3/b9-8-. The minimum atomic E-state index is 0.289. The number of rotatable bonds is 7. The Hall–Kier alpha value is -1.12. The van der Waals surface area contributed by atoms with E-state index in [0.29, 0.717) is 31.0 Å². The van der Waals surface area contributed by atoms with Crippen molar-refractivity contribution in [2.45, 2.75) is 84.8 Å². The number of hydrogen-bond acceptors (Lipinski definition) is 2. The number of ether oxygens (including phenoxy) is 1. The van der Waals surface area contributed by atoms with Gasteiger partial charge in [-0.1, -0.05) is 69.7 Å². The van der Waals surface area contributed by atoms with Gasteiger partial charge >= 0.3 is 0 Å². The third-order valence-electron chi connectivity index (χ3n) is 8.18. The van der Waals surface area contributed by atoms with Crippen LogP contribution >= 0.6 is 0 Å². The van der Waals surface area contributed by atoms with Gasteiger partial charge in [0.25, 0.3) is 0 Å². The fourth-order valence-electron chi connectivity index (χ4n) is 6.26. The minimum absolute atomic E-state index is 0.289. The monoisotopic (exact) mass is 412 g/mol. The summed E-state index contributed by atoms with van der Waals surface area (Å²) < 4.78 is 6.50. The molecule has 0 spiro atoms. The van der Waals surface area contributed by atoms with Crippen LogP contribution in [0.2, 0.25) is 0 Å². The first-order valence-electron chi connectivity index (χ1n) is 12.5. The summed E-state index contributed by atoms with van der Waals surface area (Å²) in [5, 5.41) is 9.91. The van der Waals surface area contributed by atoms with Crippen molar-refractivity contribution in [3.8, 4) is 0 Å². The van der Waals surface area contributed by atoms with Gasteiger partial charge in [0, 0.05) is 6.61 Å². The highest BCUT2D eigenvalue weighted by molar-refractivity contribution is 5.13. The summed E-state index contributed by atoms with van der Waals surface area (Å²) in [5.74, 6) is 4.32. The third-order valence-corrected chi connectivity index (χ3v) is 8.18. The Bertz CT molecular complexity index is 625. The van der Waals surface area contributed by atoms with Gasteiger partial charge in [0.2, 0.25) is 0 Å². The van der Waals surface area contributed by atoms with Crippen LogP contribution in [0.4, 0.5) is 0 Å². The maximum atomic E-state index is 9.91. The van der Waals surface area contributed by atoms with Gasteiger partial charge in [-0.2, -0.15) is 0 Å². The minimum Gasteiger partial charge on any atom is -0.396 e. The third kappa shape index (κ3) is 6.44. The lowest BCUT2D eigenvalue weighted by atomic mass is 9.70. The Morgan fingerprint density at radius 1 is 0.967 bits per heavy atom. The van der Waals surface area contributed by atoms with E-state index < -0.39 is 0 Å².